The molecule has 2 heterocycles. The van der Waals surface area contributed by atoms with Crippen molar-refractivity contribution in [1.82, 2.24) is 19.5 Å². The van der Waals surface area contributed by atoms with E-state index in [9.17, 15) is 15.3 Å². The zero-order valence-corrected chi connectivity index (χ0v) is 18.0. The van der Waals surface area contributed by atoms with E-state index in [1.807, 2.05) is 25.3 Å². The fraction of sp³-hybridized carbons (Fsp3) is 0.476. The maximum atomic E-state index is 9.82. The lowest BCUT2D eigenvalue weighted by Gasteiger charge is -2.21. The summed E-state index contributed by atoms with van der Waals surface area (Å²) in [5, 5.41) is 35.6. The topological polar surface area (TPSA) is 128 Å². The van der Waals surface area contributed by atoms with Gasteiger partial charge in [0, 0.05) is 6.04 Å². The molecule has 2 unspecified atom stereocenters. The number of aromatic hydroxyl groups is 2. The Morgan fingerprint density at radius 3 is 2.33 bits per heavy atom. The molecule has 9 nitrogen and oxygen atoms in total. The second kappa shape index (κ2) is 8.74. The summed E-state index contributed by atoms with van der Waals surface area (Å²) in [6.07, 6.45) is 1.74. The molecule has 30 heavy (non-hydrogen) atoms. The largest absolute Gasteiger partial charge is 0.504 e. The van der Waals surface area contributed by atoms with Gasteiger partial charge in [0.2, 0.25) is 5.95 Å². The fourth-order valence-electron chi connectivity index (χ4n) is 3.15. The normalized spacial score (nSPS) is 13.7. The van der Waals surface area contributed by atoms with Crippen molar-refractivity contribution in [1.29, 1.82) is 0 Å². The van der Waals surface area contributed by atoms with Crippen molar-refractivity contribution < 1.29 is 15.3 Å². The van der Waals surface area contributed by atoms with Crippen molar-refractivity contribution in [3.8, 4) is 11.5 Å². The Morgan fingerprint density at radius 1 is 1.00 bits per heavy atom. The Labute approximate surface area is 175 Å². The van der Waals surface area contributed by atoms with Crippen molar-refractivity contribution in [2.45, 2.75) is 52.7 Å². The number of imidazole rings is 1. The highest BCUT2D eigenvalue weighted by molar-refractivity contribution is 5.84. The number of fused-ring (bicyclic) bond motifs is 1. The first kappa shape index (κ1) is 21.6. The van der Waals surface area contributed by atoms with Gasteiger partial charge < -0.3 is 30.5 Å². The van der Waals surface area contributed by atoms with Gasteiger partial charge in [-0.2, -0.15) is 9.97 Å². The number of hydrogen-bond donors (Lipinski definition) is 5. The number of aliphatic hydroxyl groups excluding tert-OH is 1. The molecule has 9 heteroatoms. The maximum Gasteiger partial charge on any atom is 0.227 e. The molecule has 2 atom stereocenters. The molecule has 0 saturated carbocycles. The Morgan fingerprint density at radius 2 is 1.73 bits per heavy atom. The molecule has 0 spiro atoms. The van der Waals surface area contributed by atoms with Crippen molar-refractivity contribution in [2.75, 3.05) is 17.2 Å². The first-order valence-corrected chi connectivity index (χ1v) is 10.1. The van der Waals surface area contributed by atoms with Gasteiger partial charge in [-0.15, -0.1) is 0 Å². The van der Waals surface area contributed by atoms with Gasteiger partial charge in [-0.25, -0.2) is 4.98 Å². The highest BCUT2D eigenvalue weighted by Gasteiger charge is 2.20. The maximum absolute atomic E-state index is 9.82. The molecule has 2 aromatic heterocycles. The predicted molar refractivity (Wildman–Crippen MR) is 117 cm³/mol. The second-order valence-corrected chi connectivity index (χ2v) is 8.11. The van der Waals surface area contributed by atoms with E-state index in [-0.39, 0.29) is 42.1 Å². The van der Waals surface area contributed by atoms with E-state index in [1.165, 1.54) is 12.1 Å². The summed E-state index contributed by atoms with van der Waals surface area (Å²) >= 11 is 0. The van der Waals surface area contributed by atoms with E-state index in [1.54, 1.807) is 12.4 Å². The number of benzene rings is 1. The standard InChI is InChI=1S/C21H30N6O3/c1-11(2)15(9-28)24-21-25-19(18-20(26-21)27(10-22-18)12(3)4)23-13(5)14-6-7-16(29)17(30)8-14/h6-8,10-13,15,28-30H,9H2,1-5H3,(H2,23,24,25,26). The van der Waals surface area contributed by atoms with E-state index in [0.29, 0.717) is 22.9 Å². The number of phenolic OH excluding ortho intramolecular Hbond substituents is 2. The highest BCUT2D eigenvalue weighted by atomic mass is 16.3. The molecule has 0 aliphatic heterocycles. The summed E-state index contributed by atoms with van der Waals surface area (Å²) in [5.74, 6) is 0.798. The van der Waals surface area contributed by atoms with Crippen LogP contribution in [0.5, 0.6) is 11.5 Å². The molecule has 0 saturated heterocycles. The minimum atomic E-state index is -0.217. The van der Waals surface area contributed by atoms with E-state index in [2.05, 4.69) is 39.4 Å². The van der Waals surface area contributed by atoms with Crippen LogP contribution in [0.3, 0.4) is 0 Å². The molecule has 0 radical (unpaired) electrons. The van der Waals surface area contributed by atoms with Gasteiger partial charge in [-0.3, -0.25) is 0 Å². The SMILES string of the molecule is CC(Nc1nc(NC(CO)C(C)C)nc2c1ncn2C(C)C)c1ccc(O)c(O)c1. The second-order valence-electron chi connectivity index (χ2n) is 8.11. The number of hydrogen-bond acceptors (Lipinski definition) is 8. The molecule has 0 bridgehead atoms. The molecule has 1 aromatic carbocycles. The first-order chi connectivity index (χ1) is 14.2. The summed E-state index contributed by atoms with van der Waals surface area (Å²) < 4.78 is 1.97. The summed E-state index contributed by atoms with van der Waals surface area (Å²) in [6.45, 7) is 10.0. The number of aliphatic hydroxyl groups is 1. The number of anilines is 2. The van der Waals surface area contributed by atoms with Crippen LogP contribution in [0.2, 0.25) is 0 Å². The third kappa shape index (κ3) is 4.40. The molecule has 0 fully saturated rings. The number of phenols is 2. The number of aromatic nitrogens is 4. The van der Waals surface area contributed by atoms with Crippen LogP contribution in [0.4, 0.5) is 11.8 Å². The molecule has 162 valence electrons. The van der Waals surface area contributed by atoms with Crippen molar-refractivity contribution in [2.24, 2.45) is 5.92 Å². The van der Waals surface area contributed by atoms with Gasteiger partial charge >= 0.3 is 0 Å². The summed E-state index contributed by atoms with van der Waals surface area (Å²) in [4.78, 5) is 13.8. The minimum Gasteiger partial charge on any atom is -0.504 e. The van der Waals surface area contributed by atoms with Crippen molar-refractivity contribution in [3.63, 3.8) is 0 Å². The van der Waals surface area contributed by atoms with E-state index in [4.69, 9.17) is 0 Å². The van der Waals surface area contributed by atoms with Crippen LogP contribution in [0.15, 0.2) is 24.5 Å². The van der Waals surface area contributed by atoms with Crippen LogP contribution in [0.1, 0.15) is 52.3 Å². The van der Waals surface area contributed by atoms with Crippen LogP contribution < -0.4 is 10.6 Å². The summed E-state index contributed by atoms with van der Waals surface area (Å²) in [5.41, 5.74) is 2.10. The molecule has 0 aliphatic rings. The Balaban J connectivity index is 2.01. The zero-order valence-electron chi connectivity index (χ0n) is 18.0. The quantitative estimate of drug-likeness (QED) is 0.355. The third-order valence-electron chi connectivity index (χ3n) is 5.15. The molecule has 3 rings (SSSR count). The van der Waals surface area contributed by atoms with Gasteiger partial charge in [0.05, 0.1) is 25.0 Å². The van der Waals surface area contributed by atoms with Crippen LogP contribution in [-0.4, -0.2) is 47.5 Å². The monoisotopic (exact) mass is 414 g/mol. The van der Waals surface area contributed by atoms with Crippen LogP contribution in [0.25, 0.3) is 11.2 Å². The van der Waals surface area contributed by atoms with Crippen LogP contribution in [-0.2, 0) is 0 Å². The van der Waals surface area contributed by atoms with Crippen molar-refractivity contribution in [3.05, 3.63) is 30.1 Å². The fourth-order valence-corrected chi connectivity index (χ4v) is 3.15. The average Bonchev–Trinajstić information content (AvgIpc) is 3.12. The molecular formula is C21H30N6O3. The lowest BCUT2D eigenvalue weighted by Crippen LogP contribution is -2.30. The van der Waals surface area contributed by atoms with Crippen LogP contribution >= 0.6 is 0 Å². The number of nitrogens with one attached hydrogen (secondary N) is 2. The molecular weight excluding hydrogens is 384 g/mol. The summed E-state index contributed by atoms with van der Waals surface area (Å²) in [6, 6.07) is 4.46. The number of rotatable bonds is 8. The molecule has 0 aliphatic carbocycles. The molecule has 0 amide bonds. The van der Waals surface area contributed by atoms with E-state index < -0.39 is 0 Å². The zero-order chi connectivity index (χ0) is 22.0. The number of nitrogens with zero attached hydrogens (tertiary/aromatic N) is 4. The third-order valence-corrected chi connectivity index (χ3v) is 5.15. The van der Waals surface area contributed by atoms with Crippen LogP contribution in [0, 0.1) is 5.92 Å². The lowest BCUT2D eigenvalue weighted by molar-refractivity contribution is 0.248. The van der Waals surface area contributed by atoms with Gasteiger partial charge in [0.25, 0.3) is 0 Å². The predicted octanol–water partition coefficient (Wildman–Crippen LogP) is 3.42. The van der Waals surface area contributed by atoms with Gasteiger partial charge in [0.1, 0.15) is 0 Å². The summed E-state index contributed by atoms with van der Waals surface area (Å²) in [7, 11) is 0. The smallest absolute Gasteiger partial charge is 0.227 e. The average molecular weight is 415 g/mol. The highest BCUT2D eigenvalue weighted by Crippen LogP contribution is 2.31. The Bertz CT molecular complexity index is 1020. The van der Waals surface area contributed by atoms with Gasteiger partial charge in [0.15, 0.2) is 28.5 Å². The molecule has 3 aromatic rings. The molecule has 5 N–H and O–H groups in total. The van der Waals surface area contributed by atoms with E-state index >= 15 is 0 Å². The van der Waals surface area contributed by atoms with E-state index in [0.717, 1.165) is 5.56 Å². The Kier molecular flexibility index (Phi) is 6.31. The van der Waals surface area contributed by atoms with Gasteiger partial charge in [-0.1, -0.05) is 19.9 Å². The van der Waals surface area contributed by atoms with Gasteiger partial charge in [-0.05, 0) is 44.4 Å². The van der Waals surface area contributed by atoms with Crippen molar-refractivity contribution >= 4 is 22.9 Å². The Hall–Kier alpha value is -3.07. The lowest BCUT2D eigenvalue weighted by atomic mass is 10.1. The minimum absolute atomic E-state index is 0.0333. The first-order valence-electron chi connectivity index (χ1n) is 10.1.